The summed E-state index contributed by atoms with van der Waals surface area (Å²) in [5.74, 6) is 0.418. The molecule has 0 heterocycles. The predicted octanol–water partition coefficient (Wildman–Crippen LogP) is 3.60. The lowest BCUT2D eigenvalue weighted by Gasteiger charge is -2.60. The molecule has 0 radical (unpaired) electrons. The highest BCUT2D eigenvalue weighted by atomic mass is 16.3. The van der Waals surface area contributed by atoms with Crippen molar-refractivity contribution in [1.29, 1.82) is 0 Å². The molecule has 4 aliphatic rings. The van der Waals surface area contributed by atoms with E-state index in [2.05, 4.69) is 5.32 Å². The Morgan fingerprint density at radius 3 is 2.47 bits per heavy atom. The number of Topliss-reactive ketones (excluding diaryl/α,β-unsaturated/α-hetero) is 1. The summed E-state index contributed by atoms with van der Waals surface area (Å²) in [4.78, 5) is 23.8. The van der Waals surface area contributed by atoms with Crippen molar-refractivity contribution in [2.75, 3.05) is 13.6 Å². The number of nitrogens with one attached hydrogen (secondary N) is 1. The fourth-order valence-corrected chi connectivity index (χ4v) is 6.42. The van der Waals surface area contributed by atoms with Crippen LogP contribution in [0.15, 0.2) is 12.1 Å². The Bertz CT molecular complexity index is 850. The van der Waals surface area contributed by atoms with Crippen LogP contribution in [0.4, 0.5) is 0 Å². The Kier molecular flexibility index (Phi) is 7.66. The maximum atomic E-state index is 12.2. The van der Waals surface area contributed by atoms with Gasteiger partial charge in [-0.2, -0.15) is 0 Å². The van der Waals surface area contributed by atoms with E-state index in [0.29, 0.717) is 31.2 Å². The van der Waals surface area contributed by atoms with Crippen molar-refractivity contribution in [3.05, 3.63) is 28.8 Å². The van der Waals surface area contributed by atoms with E-state index >= 15 is 0 Å². The van der Waals surface area contributed by atoms with Gasteiger partial charge in [-0.1, -0.05) is 32.8 Å². The number of fused-ring (bicyclic) bond motifs is 1. The van der Waals surface area contributed by atoms with Crippen molar-refractivity contribution < 1.29 is 19.8 Å². The number of aromatic hydroxyl groups is 1. The van der Waals surface area contributed by atoms with Gasteiger partial charge in [0, 0.05) is 23.8 Å². The maximum absolute atomic E-state index is 12.2. The number of nitrogens with two attached hydrogens (primary N) is 1. The van der Waals surface area contributed by atoms with E-state index in [9.17, 15) is 19.8 Å². The molecule has 5 N–H and O–H groups in total. The van der Waals surface area contributed by atoms with Crippen molar-refractivity contribution in [2.24, 2.45) is 17.6 Å². The van der Waals surface area contributed by atoms with Crippen LogP contribution in [0.5, 0.6) is 5.75 Å². The topological polar surface area (TPSA) is 113 Å². The van der Waals surface area contributed by atoms with Crippen LogP contribution >= 0.6 is 0 Å². The summed E-state index contributed by atoms with van der Waals surface area (Å²) >= 11 is 0. The zero-order chi connectivity index (χ0) is 23.5. The molecule has 1 aromatic rings. The van der Waals surface area contributed by atoms with E-state index in [-0.39, 0.29) is 29.4 Å². The number of rotatable bonds is 3. The Morgan fingerprint density at radius 1 is 1.19 bits per heavy atom. The average molecular weight is 445 g/mol. The van der Waals surface area contributed by atoms with E-state index in [0.717, 1.165) is 24.3 Å². The molecule has 0 unspecified atom stereocenters. The number of hydrogen-bond acceptors (Lipinski definition) is 5. The molecule has 2 bridgehead atoms. The third-order valence-electron chi connectivity index (χ3n) is 8.14. The predicted molar refractivity (Wildman–Crippen MR) is 126 cm³/mol. The number of benzene rings is 1. The first kappa shape index (κ1) is 24.7. The van der Waals surface area contributed by atoms with E-state index in [4.69, 9.17) is 5.73 Å². The molecule has 5 rings (SSSR count). The number of primary amides is 1. The smallest absolute Gasteiger partial charge is 0.252 e. The van der Waals surface area contributed by atoms with Crippen molar-refractivity contribution >= 4 is 11.7 Å². The molecule has 0 aliphatic heterocycles. The molecule has 3 atom stereocenters. The lowest BCUT2D eigenvalue weighted by molar-refractivity contribution is -0.160. The molecule has 1 aromatic carbocycles. The molecule has 3 saturated carbocycles. The second-order valence-electron chi connectivity index (χ2n) is 9.73. The summed E-state index contributed by atoms with van der Waals surface area (Å²) < 4.78 is 0. The van der Waals surface area contributed by atoms with Gasteiger partial charge in [0.25, 0.3) is 5.91 Å². The van der Waals surface area contributed by atoms with E-state index < -0.39 is 16.9 Å². The van der Waals surface area contributed by atoms with Crippen LogP contribution in [-0.4, -0.2) is 41.1 Å². The molecule has 3 fully saturated rings. The third kappa shape index (κ3) is 4.08. The van der Waals surface area contributed by atoms with E-state index in [1.165, 1.54) is 25.8 Å². The van der Waals surface area contributed by atoms with E-state index in [1.54, 1.807) is 6.07 Å². The highest BCUT2D eigenvalue weighted by molar-refractivity contribution is 5.96. The van der Waals surface area contributed by atoms with Crippen LogP contribution < -0.4 is 11.1 Å². The van der Waals surface area contributed by atoms with Crippen LogP contribution in [-0.2, 0) is 16.6 Å². The number of carbonyl (C=O) groups is 2. The van der Waals surface area contributed by atoms with Crippen LogP contribution in [0.2, 0.25) is 0 Å². The molecule has 6 nitrogen and oxygen atoms in total. The Labute approximate surface area is 192 Å². The Balaban J connectivity index is 0.000000272. The SMILES string of the molecule is CC.CNCC1CCC1.NC(=O)c1ccc2c(c1O)[C@]13CCC[C@H](C2)[C@]1(O)CCC(=O)C3. The highest BCUT2D eigenvalue weighted by Crippen LogP contribution is 2.62. The van der Waals surface area contributed by atoms with Crippen molar-refractivity contribution in [3.63, 3.8) is 0 Å². The molecular weight excluding hydrogens is 404 g/mol. The molecule has 6 heteroatoms. The molecule has 1 amide bonds. The van der Waals surface area contributed by atoms with Gasteiger partial charge >= 0.3 is 0 Å². The summed E-state index contributed by atoms with van der Waals surface area (Å²) in [6.45, 7) is 5.24. The molecule has 178 valence electrons. The van der Waals surface area contributed by atoms with Crippen LogP contribution in [0.3, 0.4) is 0 Å². The van der Waals surface area contributed by atoms with Crippen LogP contribution in [0.1, 0.15) is 93.1 Å². The van der Waals surface area contributed by atoms with Gasteiger partial charge in [-0.25, -0.2) is 0 Å². The zero-order valence-corrected chi connectivity index (χ0v) is 19.9. The quantitative estimate of drug-likeness (QED) is 0.569. The second-order valence-corrected chi connectivity index (χ2v) is 9.73. The van der Waals surface area contributed by atoms with Gasteiger partial charge in [-0.3, -0.25) is 9.59 Å². The summed E-state index contributed by atoms with van der Waals surface area (Å²) in [6.07, 6.45) is 8.64. The fourth-order valence-electron chi connectivity index (χ4n) is 6.42. The van der Waals surface area contributed by atoms with Crippen LogP contribution in [0, 0.1) is 11.8 Å². The van der Waals surface area contributed by atoms with Gasteiger partial charge in [0.2, 0.25) is 0 Å². The zero-order valence-electron chi connectivity index (χ0n) is 19.9. The lowest BCUT2D eigenvalue weighted by Crippen LogP contribution is -2.64. The molecule has 0 spiro atoms. The first-order chi connectivity index (χ1) is 15.3. The summed E-state index contributed by atoms with van der Waals surface area (Å²) in [5, 5.41) is 25.4. The van der Waals surface area contributed by atoms with Crippen molar-refractivity contribution in [2.45, 2.75) is 89.1 Å². The van der Waals surface area contributed by atoms with Gasteiger partial charge in [0.15, 0.2) is 0 Å². The monoisotopic (exact) mass is 444 g/mol. The number of ketones is 1. The lowest BCUT2D eigenvalue weighted by atomic mass is 9.46. The number of amides is 1. The first-order valence-electron chi connectivity index (χ1n) is 12.4. The normalized spacial score (nSPS) is 30.4. The Hall–Kier alpha value is -1.92. The Morgan fingerprint density at radius 2 is 1.91 bits per heavy atom. The summed E-state index contributed by atoms with van der Waals surface area (Å²) in [7, 11) is 2.03. The minimum Gasteiger partial charge on any atom is -0.507 e. The van der Waals surface area contributed by atoms with Crippen molar-refractivity contribution in [3.8, 4) is 5.75 Å². The molecule has 4 aliphatic carbocycles. The fraction of sp³-hybridized carbons (Fsp3) is 0.692. The first-order valence-corrected chi connectivity index (χ1v) is 12.4. The second kappa shape index (κ2) is 9.92. The van der Waals surface area contributed by atoms with Gasteiger partial charge in [-0.15, -0.1) is 0 Å². The standard InChI is InChI=1S/C18H21NO4.C6H13N.C2H6/c19-16(22)13-4-3-10-8-11-2-1-6-17(14(10)15(13)21)9-12(20)5-7-18(11,17)23;1-7-5-6-3-2-4-6;1-2/h3-4,11,21,23H,1-2,5-9H2,(H2,19,22);6-7H,2-5H2,1H3;1-2H3/t11-,17-,18-;;/m1../s1. The van der Waals surface area contributed by atoms with Gasteiger partial charge in [0.05, 0.1) is 11.2 Å². The van der Waals surface area contributed by atoms with Crippen LogP contribution in [0.25, 0.3) is 0 Å². The molecular formula is C26H40N2O4. The van der Waals surface area contributed by atoms with Gasteiger partial charge in [-0.05, 0) is 75.6 Å². The third-order valence-corrected chi connectivity index (χ3v) is 8.14. The number of aliphatic hydroxyl groups is 1. The average Bonchev–Trinajstić information content (AvgIpc) is 2.72. The summed E-state index contributed by atoms with van der Waals surface area (Å²) in [6, 6.07) is 3.38. The van der Waals surface area contributed by atoms with Gasteiger partial charge < -0.3 is 21.3 Å². The number of phenols is 1. The molecule has 0 saturated heterocycles. The maximum Gasteiger partial charge on any atom is 0.252 e. The van der Waals surface area contributed by atoms with Crippen molar-refractivity contribution in [1.82, 2.24) is 5.32 Å². The minimum absolute atomic E-state index is 0.0718. The van der Waals surface area contributed by atoms with E-state index in [1.807, 2.05) is 27.0 Å². The molecule has 32 heavy (non-hydrogen) atoms. The highest BCUT2D eigenvalue weighted by Gasteiger charge is 2.63. The summed E-state index contributed by atoms with van der Waals surface area (Å²) in [5.41, 5.74) is 5.24. The number of carbonyl (C=O) groups excluding carboxylic acids is 2. The minimum atomic E-state index is -0.972. The molecule has 0 aromatic heterocycles. The largest absolute Gasteiger partial charge is 0.507 e. The van der Waals surface area contributed by atoms with Gasteiger partial charge in [0.1, 0.15) is 11.5 Å². The number of hydrogen-bond donors (Lipinski definition) is 4.